The van der Waals surface area contributed by atoms with Crippen molar-refractivity contribution in [2.75, 3.05) is 32.8 Å². The minimum atomic E-state index is -0.447. The highest BCUT2D eigenvalue weighted by Crippen LogP contribution is 2.25. The molecule has 0 amide bonds. The number of nitrogens with zero attached hydrogens (tertiary/aromatic N) is 1. The predicted octanol–water partition coefficient (Wildman–Crippen LogP) is 1.70. The largest absolute Gasteiger partial charge is 0.491 e. The molecule has 2 N–H and O–H groups in total. The Hall–Kier alpha value is -0.810. The summed E-state index contributed by atoms with van der Waals surface area (Å²) in [5.74, 6) is 0.710. The molecule has 0 unspecified atom stereocenters. The first-order chi connectivity index (χ1) is 9.60. The summed E-state index contributed by atoms with van der Waals surface area (Å²) < 4.78 is 5.68. The molecular weight excluding hydrogens is 278 g/mol. The summed E-state index contributed by atoms with van der Waals surface area (Å²) in [5.41, 5.74) is 1.11. The lowest BCUT2D eigenvalue weighted by molar-refractivity contribution is -0.00493. The van der Waals surface area contributed by atoms with Gasteiger partial charge in [-0.3, -0.25) is 4.90 Å². The summed E-state index contributed by atoms with van der Waals surface area (Å²) in [6.45, 7) is 4.81. The van der Waals surface area contributed by atoms with E-state index in [1.54, 1.807) is 0 Å². The van der Waals surface area contributed by atoms with Crippen LogP contribution in [0.15, 0.2) is 18.2 Å². The van der Waals surface area contributed by atoms with Gasteiger partial charge in [-0.25, -0.2) is 0 Å². The molecule has 1 saturated heterocycles. The van der Waals surface area contributed by atoms with Gasteiger partial charge in [0, 0.05) is 25.6 Å². The first-order valence-electron chi connectivity index (χ1n) is 7.00. The highest BCUT2D eigenvalue weighted by atomic mass is 35.5. The molecule has 1 fully saturated rings. The SMILES string of the molecule is Cc1ccc(OCCN2CC[C@@H](CO)[C@H](O)C2)c(Cl)c1. The first-order valence-corrected chi connectivity index (χ1v) is 7.38. The highest BCUT2D eigenvalue weighted by Gasteiger charge is 2.26. The Bertz CT molecular complexity index is 441. The average molecular weight is 300 g/mol. The summed E-state index contributed by atoms with van der Waals surface area (Å²) in [6.07, 6.45) is 0.375. The van der Waals surface area contributed by atoms with Crippen LogP contribution in [0.25, 0.3) is 0 Å². The monoisotopic (exact) mass is 299 g/mol. The van der Waals surface area contributed by atoms with Gasteiger partial charge in [0.1, 0.15) is 12.4 Å². The zero-order chi connectivity index (χ0) is 14.5. The second-order valence-corrected chi connectivity index (χ2v) is 5.79. The van der Waals surface area contributed by atoms with Gasteiger partial charge in [0.25, 0.3) is 0 Å². The maximum Gasteiger partial charge on any atom is 0.137 e. The number of rotatable bonds is 5. The van der Waals surface area contributed by atoms with Crippen LogP contribution in [0.5, 0.6) is 5.75 Å². The Morgan fingerprint density at radius 2 is 2.25 bits per heavy atom. The molecule has 0 aromatic heterocycles. The Morgan fingerprint density at radius 3 is 2.90 bits per heavy atom. The van der Waals surface area contributed by atoms with E-state index in [1.165, 1.54) is 0 Å². The third-order valence-corrected chi connectivity index (χ3v) is 4.09. The molecule has 5 heteroatoms. The fourth-order valence-electron chi connectivity index (χ4n) is 2.47. The maximum absolute atomic E-state index is 9.87. The van der Waals surface area contributed by atoms with Gasteiger partial charge in [-0.15, -0.1) is 0 Å². The van der Waals surface area contributed by atoms with Crippen LogP contribution in [-0.2, 0) is 0 Å². The molecule has 1 aliphatic rings. The number of aliphatic hydroxyl groups excluding tert-OH is 2. The lowest BCUT2D eigenvalue weighted by Gasteiger charge is -2.34. The lowest BCUT2D eigenvalue weighted by atomic mass is 9.95. The van der Waals surface area contributed by atoms with Gasteiger partial charge in [-0.2, -0.15) is 0 Å². The Labute approximate surface area is 124 Å². The third kappa shape index (κ3) is 4.09. The molecule has 4 nitrogen and oxygen atoms in total. The maximum atomic E-state index is 9.87. The number of aliphatic hydroxyl groups is 2. The number of hydrogen-bond donors (Lipinski definition) is 2. The number of benzene rings is 1. The van der Waals surface area contributed by atoms with E-state index in [2.05, 4.69) is 4.90 Å². The zero-order valence-electron chi connectivity index (χ0n) is 11.8. The number of hydrogen-bond acceptors (Lipinski definition) is 4. The second kappa shape index (κ2) is 7.27. The van der Waals surface area contributed by atoms with Crippen molar-refractivity contribution in [1.82, 2.24) is 4.90 Å². The Balaban J connectivity index is 1.76. The summed E-state index contributed by atoms with van der Waals surface area (Å²) in [6, 6.07) is 5.73. The second-order valence-electron chi connectivity index (χ2n) is 5.38. The van der Waals surface area contributed by atoms with Crippen LogP contribution in [0.2, 0.25) is 5.02 Å². The van der Waals surface area contributed by atoms with Crippen LogP contribution in [0.3, 0.4) is 0 Å². The highest BCUT2D eigenvalue weighted by molar-refractivity contribution is 6.32. The zero-order valence-corrected chi connectivity index (χ0v) is 12.5. The van der Waals surface area contributed by atoms with E-state index >= 15 is 0 Å². The Kier molecular flexibility index (Phi) is 5.66. The van der Waals surface area contributed by atoms with Crippen LogP contribution in [-0.4, -0.2) is 54.1 Å². The number of aryl methyl sites for hydroxylation is 1. The molecule has 1 heterocycles. The molecule has 112 valence electrons. The van der Waals surface area contributed by atoms with Gasteiger partial charge in [0.2, 0.25) is 0 Å². The first kappa shape index (κ1) is 15.6. The molecule has 2 atom stereocenters. The van der Waals surface area contributed by atoms with Gasteiger partial charge < -0.3 is 14.9 Å². The number of ether oxygens (including phenoxy) is 1. The lowest BCUT2D eigenvalue weighted by Crippen LogP contribution is -2.46. The van der Waals surface area contributed by atoms with E-state index in [0.717, 1.165) is 25.1 Å². The summed E-state index contributed by atoms with van der Waals surface area (Å²) in [7, 11) is 0. The fraction of sp³-hybridized carbons (Fsp3) is 0.600. The van der Waals surface area contributed by atoms with Crippen LogP contribution in [0.1, 0.15) is 12.0 Å². The van der Waals surface area contributed by atoms with E-state index < -0.39 is 6.10 Å². The van der Waals surface area contributed by atoms with Crippen LogP contribution < -0.4 is 4.74 Å². The normalized spacial score (nSPS) is 23.8. The van der Waals surface area contributed by atoms with Crippen molar-refractivity contribution < 1.29 is 14.9 Å². The number of halogens is 1. The molecule has 0 bridgehead atoms. The van der Waals surface area contributed by atoms with E-state index in [4.69, 9.17) is 21.4 Å². The van der Waals surface area contributed by atoms with Gasteiger partial charge >= 0.3 is 0 Å². The molecule has 0 aliphatic carbocycles. The smallest absolute Gasteiger partial charge is 0.137 e. The summed E-state index contributed by atoms with van der Waals surface area (Å²) >= 11 is 6.11. The van der Waals surface area contributed by atoms with E-state index in [0.29, 0.717) is 23.9 Å². The number of piperidine rings is 1. The Morgan fingerprint density at radius 1 is 1.45 bits per heavy atom. The van der Waals surface area contributed by atoms with Crippen molar-refractivity contribution in [2.45, 2.75) is 19.4 Å². The number of likely N-dealkylation sites (tertiary alicyclic amines) is 1. The molecule has 2 rings (SSSR count). The van der Waals surface area contributed by atoms with E-state index in [1.807, 2.05) is 25.1 Å². The molecule has 1 aromatic carbocycles. The van der Waals surface area contributed by atoms with Gasteiger partial charge in [0.05, 0.1) is 11.1 Å². The van der Waals surface area contributed by atoms with Crippen molar-refractivity contribution >= 4 is 11.6 Å². The van der Waals surface area contributed by atoms with Crippen LogP contribution >= 0.6 is 11.6 Å². The van der Waals surface area contributed by atoms with E-state index in [-0.39, 0.29) is 12.5 Å². The molecule has 1 aliphatic heterocycles. The summed E-state index contributed by atoms with van der Waals surface area (Å²) in [5, 5.41) is 19.6. The minimum Gasteiger partial charge on any atom is -0.491 e. The summed E-state index contributed by atoms with van der Waals surface area (Å²) in [4.78, 5) is 2.15. The topological polar surface area (TPSA) is 52.9 Å². The van der Waals surface area contributed by atoms with Crippen molar-refractivity contribution in [3.63, 3.8) is 0 Å². The third-order valence-electron chi connectivity index (χ3n) is 3.79. The van der Waals surface area contributed by atoms with Crippen LogP contribution in [0.4, 0.5) is 0 Å². The molecule has 20 heavy (non-hydrogen) atoms. The molecule has 1 aromatic rings. The molecule has 0 saturated carbocycles. The van der Waals surface area contributed by atoms with Gasteiger partial charge in [-0.1, -0.05) is 17.7 Å². The van der Waals surface area contributed by atoms with Gasteiger partial charge in [-0.05, 0) is 37.6 Å². The molecular formula is C15H22ClNO3. The fourth-order valence-corrected chi connectivity index (χ4v) is 2.76. The molecule has 0 radical (unpaired) electrons. The van der Waals surface area contributed by atoms with Crippen LogP contribution in [0, 0.1) is 12.8 Å². The number of β-amino-alcohol motifs (C(OH)–C–C–N with tert-alkyl or cyclic N) is 1. The van der Waals surface area contributed by atoms with Gasteiger partial charge in [0.15, 0.2) is 0 Å². The van der Waals surface area contributed by atoms with Crippen molar-refractivity contribution in [3.05, 3.63) is 28.8 Å². The standard InChI is InChI=1S/C15H22ClNO3/c1-11-2-3-15(13(16)8-11)20-7-6-17-5-4-12(10-18)14(19)9-17/h2-3,8,12,14,18-19H,4-7,9-10H2,1H3/t12-,14+/m0/s1. The average Bonchev–Trinajstić information content (AvgIpc) is 2.41. The van der Waals surface area contributed by atoms with E-state index in [9.17, 15) is 5.11 Å². The minimum absolute atomic E-state index is 0.0127. The quantitative estimate of drug-likeness (QED) is 0.869. The predicted molar refractivity (Wildman–Crippen MR) is 79.3 cm³/mol. The van der Waals surface area contributed by atoms with Crippen molar-refractivity contribution in [3.8, 4) is 5.75 Å². The van der Waals surface area contributed by atoms with Crippen molar-refractivity contribution in [2.24, 2.45) is 5.92 Å². The van der Waals surface area contributed by atoms with Crippen molar-refractivity contribution in [1.29, 1.82) is 0 Å². The molecule has 0 spiro atoms.